The van der Waals surface area contributed by atoms with E-state index in [9.17, 15) is 18.0 Å². The molecule has 2 aliphatic heterocycles. The van der Waals surface area contributed by atoms with Crippen LogP contribution in [-0.4, -0.2) is 64.1 Å². The van der Waals surface area contributed by atoms with Gasteiger partial charge in [0, 0.05) is 13.1 Å². The van der Waals surface area contributed by atoms with E-state index in [0.29, 0.717) is 54.6 Å². The Morgan fingerprint density at radius 2 is 1.57 bits per heavy atom. The van der Waals surface area contributed by atoms with Gasteiger partial charge in [-0.05, 0) is 29.8 Å². The number of rotatable bonds is 6. The lowest BCUT2D eigenvalue weighted by molar-refractivity contribution is -0.122. The van der Waals surface area contributed by atoms with Crippen molar-refractivity contribution in [1.29, 1.82) is 0 Å². The number of amides is 2. The van der Waals surface area contributed by atoms with E-state index in [1.807, 2.05) is 6.07 Å². The van der Waals surface area contributed by atoms with E-state index in [2.05, 4.69) is 5.32 Å². The van der Waals surface area contributed by atoms with Crippen molar-refractivity contribution in [1.82, 2.24) is 4.90 Å². The van der Waals surface area contributed by atoms with Gasteiger partial charge >= 0.3 is 0 Å². The highest BCUT2D eigenvalue weighted by Gasteiger charge is 2.37. The number of hydrogen-bond acceptors (Lipinski definition) is 6. The Labute approximate surface area is 215 Å². The maximum atomic E-state index is 13.4. The lowest BCUT2D eigenvalue weighted by Gasteiger charge is -2.35. The lowest BCUT2D eigenvalue weighted by Crippen LogP contribution is -2.49. The molecular formula is C27H27N3O6S. The fourth-order valence-electron chi connectivity index (χ4n) is 4.39. The molecule has 2 aliphatic rings. The Morgan fingerprint density at radius 1 is 0.892 bits per heavy atom. The number of nitrogens with zero attached hydrogens (tertiary/aromatic N) is 2. The monoisotopic (exact) mass is 521 g/mol. The third kappa shape index (κ3) is 5.45. The molecule has 5 rings (SSSR count). The third-order valence-electron chi connectivity index (χ3n) is 6.27. The first kappa shape index (κ1) is 24.8. The molecule has 0 saturated carbocycles. The van der Waals surface area contributed by atoms with Gasteiger partial charge in [0.1, 0.15) is 5.75 Å². The van der Waals surface area contributed by atoms with Crippen LogP contribution in [0.15, 0.2) is 78.9 Å². The summed E-state index contributed by atoms with van der Waals surface area (Å²) in [6.07, 6.45) is -1.12. The normalized spacial score (nSPS) is 17.5. The van der Waals surface area contributed by atoms with Crippen molar-refractivity contribution >= 4 is 33.2 Å². The third-order valence-corrected chi connectivity index (χ3v) is 7.98. The quantitative estimate of drug-likeness (QED) is 0.535. The van der Waals surface area contributed by atoms with Crippen molar-refractivity contribution in [3.05, 3.63) is 90.0 Å². The molecule has 10 heteroatoms. The zero-order valence-electron chi connectivity index (χ0n) is 20.1. The number of morpholine rings is 1. The van der Waals surface area contributed by atoms with Crippen LogP contribution in [0.2, 0.25) is 0 Å². The highest BCUT2D eigenvalue weighted by atomic mass is 32.2. The van der Waals surface area contributed by atoms with Crippen LogP contribution < -0.4 is 14.4 Å². The van der Waals surface area contributed by atoms with Gasteiger partial charge in [-0.3, -0.25) is 13.9 Å². The van der Waals surface area contributed by atoms with Crippen molar-refractivity contribution < 1.29 is 27.5 Å². The molecule has 2 amide bonds. The van der Waals surface area contributed by atoms with Crippen molar-refractivity contribution in [3.8, 4) is 5.75 Å². The molecule has 9 nitrogen and oxygen atoms in total. The first-order valence-corrected chi connectivity index (χ1v) is 13.6. The molecule has 1 unspecified atom stereocenters. The number of carbonyl (C=O) groups excluding carboxylic acids is 2. The fourth-order valence-corrected chi connectivity index (χ4v) is 5.98. The van der Waals surface area contributed by atoms with E-state index in [1.54, 1.807) is 77.7 Å². The zero-order valence-corrected chi connectivity index (χ0v) is 20.9. The molecule has 1 saturated heterocycles. The summed E-state index contributed by atoms with van der Waals surface area (Å²) in [5.41, 5.74) is 1.71. The van der Waals surface area contributed by atoms with Crippen LogP contribution >= 0.6 is 0 Å². The zero-order chi connectivity index (χ0) is 25.8. The van der Waals surface area contributed by atoms with Gasteiger partial charge in [-0.15, -0.1) is 0 Å². The molecule has 0 radical (unpaired) electrons. The van der Waals surface area contributed by atoms with Crippen LogP contribution in [0.5, 0.6) is 5.75 Å². The number of para-hydroxylation sites is 3. The van der Waals surface area contributed by atoms with Crippen molar-refractivity contribution in [3.63, 3.8) is 0 Å². The van der Waals surface area contributed by atoms with Gasteiger partial charge in [0.25, 0.3) is 11.8 Å². The molecule has 3 aromatic carbocycles. The van der Waals surface area contributed by atoms with Crippen LogP contribution in [0.1, 0.15) is 15.9 Å². The second-order valence-corrected chi connectivity index (χ2v) is 10.7. The molecule has 0 bridgehead atoms. The van der Waals surface area contributed by atoms with Gasteiger partial charge in [-0.1, -0.05) is 54.6 Å². The van der Waals surface area contributed by atoms with Gasteiger partial charge < -0.3 is 19.7 Å². The number of ether oxygens (including phenoxy) is 2. The summed E-state index contributed by atoms with van der Waals surface area (Å²) in [5, 5.41) is 2.79. The standard InChI is InChI=1S/C27H27N3O6S/c31-26(28-22-11-5-4-10-21(22)27(32)29-14-16-35-17-15-29)25-18-30(23-12-6-7-13-24(23)36-25)37(33,34)19-20-8-2-1-3-9-20/h1-13,25H,14-19H2,(H,28,31). The van der Waals surface area contributed by atoms with Crippen molar-refractivity contribution in [2.75, 3.05) is 42.5 Å². The average Bonchev–Trinajstić information content (AvgIpc) is 2.93. The lowest BCUT2D eigenvalue weighted by atomic mass is 10.1. The molecule has 37 heavy (non-hydrogen) atoms. The number of anilines is 2. The Hall–Kier alpha value is -3.89. The number of benzene rings is 3. The van der Waals surface area contributed by atoms with E-state index < -0.39 is 22.0 Å². The molecule has 192 valence electrons. The SMILES string of the molecule is O=C(Nc1ccccc1C(=O)N1CCOCC1)C1CN(S(=O)(=O)Cc2ccccc2)c2ccccc2O1. The summed E-state index contributed by atoms with van der Waals surface area (Å²) in [4.78, 5) is 28.1. The minimum absolute atomic E-state index is 0.197. The Morgan fingerprint density at radius 3 is 2.35 bits per heavy atom. The number of nitrogens with one attached hydrogen (secondary N) is 1. The molecule has 0 spiro atoms. The van der Waals surface area contributed by atoms with Gasteiger partial charge in [-0.25, -0.2) is 8.42 Å². The van der Waals surface area contributed by atoms with Crippen molar-refractivity contribution in [2.24, 2.45) is 0 Å². The Bertz CT molecular complexity index is 1390. The minimum Gasteiger partial charge on any atom is -0.476 e. The number of fused-ring (bicyclic) bond motifs is 1. The predicted molar refractivity (Wildman–Crippen MR) is 139 cm³/mol. The topological polar surface area (TPSA) is 105 Å². The van der Waals surface area contributed by atoms with Crippen LogP contribution in [0.3, 0.4) is 0 Å². The first-order valence-electron chi connectivity index (χ1n) is 12.0. The second-order valence-electron chi connectivity index (χ2n) is 8.79. The van der Waals surface area contributed by atoms with E-state index in [4.69, 9.17) is 9.47 Å². The summed E-state index contributed by atoms with van der Waals surface area (Å²) >= 11 is 0. The Balaban J connectivity index is 1.38. The molecule has 0 aliphatic carbocycles. The van der Waals surface area contributed by atoms with Gasteiger partial charge in [0.15, 0.2) is 6.10 Å². The van der Waals surface area contributed by atoms with Crippen LogP contribution in [0.4, 0.5) is 11.4 Å². The van der Waals surface area contributed by atoms with Crippen LogP contribution in [0.25, 0.3) is 0 Å². The van der Waals surface area contributed by atoms with E-state index in [0.717, 1.165) is 0 Å². The second kappa shape index (κ2) is 10.6. The largest absolute Gasteiger partial charge is 0.476 e. The molecule has 3 aromatic rings. The maximum absolute atomic E-state index is 13.4. The summed E-state index contributed by atoms with van der Waals surface area (Å²) in [6, 6.07) is 22.4. The molecule has 1 N–H and O–H groups in total. The first-order chi connectivity index (χ1) is 17.9. The van der Waals surface area contributed by atoms with E-state index >= 15 is 0 Å². The Kier molecular flexibility index (Phi) is 7.11. The molecule has 1 atom stereocenters. The van der Waals surface area contributed by atoms with Crippen molar-refractivity contribution in [2.45, 2.75) is 11.9 Å². The fraction of sp³-hybridized carbons (Fsp3) is 0.259. The molecule has 0 aromatic heterocycles. The predicted octanol–water partition coefficient (Wildman–Crippen LogP) is 2.90. The summed E-state index contributed by atoms with van der Waals surface area (Å²) in [6.45, 7) is 1.67. The summed E-state index contributed by atoms with van der Waals surface area (Å²) in [5.74, 6) is -0.672. The summed E-state index contributed by atoms with van der Waals surface area (Å²) < 4.78 is 39.4. The van der Waals surface area contributed by atoms with Gasteiger partial charge in [0.2, 0.25) is 10.0 Å². The smallest absolute Gasteiger partial charge is 0.267 e. The van der Waals surface area contributed by atoms with E-state index in [1.165, 1.54) is 4.31 Å². The average molecular weight is 522 g/mol. The molecule has 1 fully saturated rings. The summed E-state index contributed by atoms with van der Waals surface area (Å²) in [7, 11) is -3.82. The van der Waals surface area contributed by atoms with E-state index in [-0.39, 0.29) is 18.2 Å². The van der Waals surface area contributed by atoms with Crippen LogP contribution in [-0.2, 0) is 25.3 Å². The molecule has 2 heterocycles. The number of carbonyl (C=O) groups is 2. The highest BCUT2D eigenvalue weighted by molar-refractivity contribution is 7.92. The molecular weight excluding hydrogens is 494 g/mol. The van der Waals surface area contributed by atoms with Crippen LogP contribution in [0, 0.1) is 0 Å². The minimum atomic E-state index is -3.82. The van der Waals surface area contributed by atoms with Gasteiger partial charge in [0.05, 0.1) is 42.4 Å². The number of sulfonamides is 1. The number of hydrogen-bond donors (Lipinski definition) is 1. The maximum Gasteiger partial charge on any atom is 0.267 e. The van der Waals surface area contributed by atoms with Gasteiger partial charge in [-0.2, -0.15) is 0 Å². The highest BCUT2D eigenvalue weighted by Crippen LogP contribution is 2.36.